The van der Waals surface area contributed by atoms with E-state index in [0.29, 0.717) is 43.7 Å². The van der Waals surface area contributed by atoms with Crippen LogP contribution in [0, 0.1) is 44.3 Å². The van der Waals surface area contributed by atoms with E-state index in [-0.39, 0.29) is 178 Å². The Hall–Kier alpha value is -2.74. The Bertz CT molecular complexity index is 1570. The average Bonchev–Trinajstić information content (AvgIpc) is 3.13. The van der Waals surface area contributed by atoms with Crippen LogP contribution in [0.4, 0.5) is 0 Å². The molecular formula is C78H180O8. The molecule has 8 nitrogen and oxygen atoms in total. The average molecular weight is 1250 g/mol. The number of hydrogen-bond acceptors (Lipinski definition) is 8. The minimum Gasteiger partial charge on any atom is -0.465 e. The molecule has 0 aliphatic heterocycles. The van der Waals surface area contributed by atoms with Crippen LogP contribution in [0.5, 0.6) is 0 Å². The normalized spacial score (nSPS) is 13.2. The number of rotatable bonds is 7. The maximum absolute atomic E-state index is 11.7. The maximum Gasteiger partial charge on any atom is 0.311 e. The van der Waals surface area contributed by atoms with E-state index in [0.717, 1.165) is 19.4 Å². The van der Waals surface area contributed by atoms with Crippen molar-refractivity contribution >= 4 is 23.7 Å². The van der Waals surface area contributed by atoms with Crippen molar-refractivity contribution in [1.29, 1.82) is 0 Å². The first-order chi connectivity index (χ1) is 31.1. The van der Waals surface area contributed by atoms with Gasteiger partial charge in [-0.1, -0.05) is 274 Å². The molecule has 0 spiro atoms. The summed E-state index contributed by atoms with van der Waals surface area (Å²) in [4.78, 5) is 45.8. The molecule has 0 N–H and O–H groups in total. The van der Waals surface area contributed by atoms with Crippen LogP contribution in [-0.4, -0.2) is 54.7 Å². The summed E-state index contributed by atoms with van der Waals surface area (Å²) in [6.07, 6.45) is 5.83. The zero-order chi connectivity index (χ0) is 57.6. The molecule has 0 radical (unpaired) electrons. The predicted molar refractivity (Wildman–Crippen MR) is 406 cm³/mol. The van der Waals surface area contributed by atoms with E-state index in [2.05, 4.69) is 107 Å². The summed E-state index contributed by atoms with van der Waals surface area (Å²) in [6, 6.07) is 9.00. The number of Topliss-reactive ketones (excluding diaryl/α,β-unsaturated/α-hetero) is 1. The SMILES string of the molecule is C.C.C.C.C.C.C.C.C.C.C.C.C.C.C.CC.CC(C)(C)CC(=O)C(C)(C)C.CC(C)(C)CC(=O)OC(C)(C)C.CC(C)(C)COC(=O)C(C)(C)C.CC(C)(C)OCC1CCC(COC(=O)C(C)(C)C)CC1.CC(C)(C)c1ccc(C(C)(C)C)cc1. The van der Waals surface area contributed by atoms with E-state index in [1.807, 2.05) is 138 Å². The van der Waals surface area contributed by atoms with E-state index in [1.54, 1.807) is 0 Å². The molecular weight excluding hydrogens is 1060 g/mol. The van der Waals surface area contributed by atoms with Gasteiger partial charge in [-0.2, -0.15) is 0 Å². The quantitative estimate of drug-likeness (QED) is 0.196. The predicted octanol–water partition coefficient (Wildman–Crippen LogP) is 27.5. The van der Waals surface area contributed by atoms with Crippen LogP contribution in [-0.2, 0) is 49.0 Å². The molecule has 0 heterocycles. The van der Waals surface area contributed by atoms with Gasteiger partial charge in [0, 0.05) is 11.8 Å². The second-order valence-corrected chi connectivity index (χ2v) is 30.4. The Morgan fingerprint density at radius 2 is 0.628 bits per heavy atom. The van der Waals surface area contributed by atoms with Crippen LogP contribution in [0.2, 0.25) is 0 Å². The Morgan fingerprint density at radius 3 is 0.826 bits per heavy atom. The van der Waals surface area contributed by atoms with Crippen molar-refractivity contribution in [2.45, 2.75) is 394 Å². The van der Waals surface area contributed by atoms with Gasteiger partial charge in [0.2, 0.25) is 0 Å². The van der Waals surface area contributed by atoms with Crippen molar-refractivity contribution in [3.8, 4) is 0 Å². The second kappa shape index (κ2) is 56.3. The standard InChI is InChI=1S/C17H32O3.C14H22.2C10H20O2.C10H20O.C2H6.15CH4/c1-16(2,3)15(18)19-11-13-7-9-14(10-8-13)12-20-17(4,5)6;1-13(2,3)11-7-9-12(10-8-11)14(4,5)6;1-9(2,3)7-12-8(11)10(4,5)6;1-9(2,3)7-8(11)12-10(4,5)6;1-9(2,3)7-8(11)10(4,5)6;1-2;;;;;;;;;;;;;;;/h13-14H,7-12H2,1-6H3;7-10H,1-6H3;2*7H2,1-6H3;7H2,1-6H3;1-2H3;15*1H4. The smallest absolute Gasteiger partial charge is 0.311 e. The number of hydrogen-bond donors (Lipinski definition) is 0. The lowest BCUT2D eigenvalue weighted by molar-refractivity contribution is -0.157. The molecule has 0 amide bonds. The van der Waals surface area contributed by atoms with Gasteiger partial charge >= 0.3 is 17.9 Å². The maximum atomic E-state index is 11.7. The van der Waals surface area contributed by atoms with Crippen molar-refractivity contribution in [3.63, 3.8) is 0 Å². The fraction of sp³-hybridized carbons (Fsp3) is 0.872. The number of ketones is 1. The summed E-state index contributed by atoms with van der Waals surface area (Å²) in [5, 5.41) is 0. The van der Waals surface area contributed by atoms with Crippen molar-refractivity contribution in [1.82, 2.24) is 0 Å². The lowest BCUT2D eigenvalue weighted by atomic mass is 9.80. The van der Waals surface area contributed by atoms with Crippen LogP contribution in [0.3, 0.4) is 0 Å². The van der Waals surface area contributed by atoms with Gasteiger partial charge < -0.3 is 18.9 Å². The number of carbonyl (C=O) groups is 4. The molecule has 0 atom stereocenters. The van der Waals surface area contributed by atoms with Gasteiger partial charge in [0.25, 0.3) is 0 Å². The molecule has 1 aliphatic carbocycles. The van der Waals surface area contributed by atoms with Gasteiger partial charge in [0.15, 0.2) is 0 Å². The van der Waals surface area contributed by atoms with Crippen LogP contribution < -0.4 is 0 Å². The highest BCUT2D eigenvalue weighted by molar-refractivity contribution is 5.84. The molecule has 8 heteroatoms. The van der Waals surface area contributed by atoms with Crippen molar-refractivity contribution in [2.75, 3.05) is 19.8 Å². The molecule has 1 saturated carbocycles. The fourth-order valence-electron chi connectivity index (χ4n) is 5.87. The molecule has 1 aromatic carbocycles. The first-order valence-electron chi connectivity index (χ1n) is 27.0. The van der Waals surface area contributed by atoms with Gasteiger partial charge in [-0.3, -0.25) is 19.2 Å². The van der Waals surface area contributed by atoms with Crippen LogP contribution >= 0.6 is 0 Å². The fourth-order valence-corrected chi connectivity index (χ4v) is 5.87. The highest BCUT2D eigenvalue weighted by Crippen LogP contribution is 2.32. The largest absolute Gasteiger partial charge is 0.465 e. The second-order valence-electron chi connectivity index (χ2n) is 30.4. The summed E-state index contributed by atoms with van der Waals surface area (Å²) in [5.74, 6) is 1.23. The summed E-state index contributed by atoms with van der Waals surface area (Å²) in [7, 11) is 0. The van der Waals surface area contributed by atoms with Gasteiger partial charge in [-0.15, -0.1) is 0 Å². The first kappa shape index (κ1) is 136. The summed E-state index contributed by atoms with van der Waals surface area (Å²) >= 11 is 0. The van der Waals surface area contributed by atoms with Crippen LogP contribution in [0.15, 0.2) is 24.3 Å². The third-order valence-corrected chi connectivity index (χ3v) is 10.3. The lowest BCUT2D eigenvalue weighted by Crippen LogP contribution is -2.29. The van der Waals surface area contributed by atoms with Crippen LogP contribution in [0.25, 0.3) is 0 Å². The van der Waals surface area contributed by atoms with Crippen molar-refractivity contribution < 1.29 is 38.1 Å². The molecule has 0 aromatic heterocycles. The molecule has 0 bridgehead atoms. The highest BCUT2D eigenvalue weighted by Gasteiger charge is 2.29. The molecule has 1 aliphatic rings. The van der Waals surface area contributed by atoms with E-state index < -0.39 is 5.41 Å². The summed E-state index contributed by atoms with van der Waals surface area (Å²) < 4.78 is 21.6. The molecule has 540 valence electrons. The molecule has 0 saturated heterocycles. The Morgan fingerprint density at radius 1 is 0.360 bits per heavy atom. The minimum absolute atomic E-state index is 0. The van der Waals surface area contributed by atoms with Crippen molar-refractivity contribution in [2.24, 2.45) is 44.3 Å². The van der Waals surface area contributed by atoms with E-state index >= 15 is 0 Å². The topological polar surface area (TPSA) is 105 Å². The number of carbonyl (C=O) groups excluding carboxylic acids is 4. The van der Waals surface area contributed by atoms with Crippen LogP contribution in [0.1, 0.15) is 383 Å². The number of benzene rings is 1. The molecule has 86 heavy (non-hydrogen) atoms. The Kier molecular flexibility index (Phi) is 89.3. The lowest BCUT2D eigenvalue weighted by Gasteiger charge is -2.31. The zero-order valence-corrected chi connectivity index (χ0v) is 53.1. The van der Waals surface area contributed by atoms with Gasteiger partial charge in [0.1, 0.15) is 11.4 Å². The Balaban J connectivity index is -0.0000000370. The van der Waals surface area contributed by atoms with Crippen molar-refractivity contribution in [3.05, 3.63) is 35.4 Å². The third-order valence-electron chi connectivity index (χ3n) is 10.3. The first-order valence-corrected chi connectivity index (χ1v) is 27.0. The molecule has 0 unspecified atom stereocenters. The number of esters is 3. The minimum atomic E-state index is -0.391. The third kappa shape index (κ3) is 83.3. The number of ether oxygens (including phenoxy) is 4. The van der Waals surface area contributed by atoms with E-state index in [1.165, 1.54) is 24.0 Å². The summed E-state index contributed by atoms with van der Waals surface area (Å²) in [5.41, 5.74) is 2.19. The summed E-state index contributed by atoms with van der Waals surface area (Å²) in [6.45, 7) is 67.1. The molecule has 1 fully saturated rings. The van der Waals surface area contributed by atoms with E-state index in [4.69, 9.17) is 18.9 Å². The van der Waals surface area contributed by atoms with E-state index in [9.17, 15) is 19.2 Å². The van der Waals surface area contributed by atoms with Gasteiger partial charge in [-0.05, 0) is 159 Å². The molecule has 2 rings (SSSR count). The monoisotopic (exact) mass is 1250 g/mol. The zero-order valence-electron chi connectivity index (χ0n) is 53.1. The highest BCUT2D eigenvalue weighted by atomic mass is 16.6. The van der Waals surface area contributed by atoms with Gasteiger partial charge in [0.05, 0.1) is 42.7 Å². The Labute approximate surface area is 552 Å². The molecule has 1 aromatic rings. The van der Waals surface area contributed by atoms with Gasteiger partial charge in [-0.25, -0.2) is 0 Å².